The lowest BCUT2D eigenvalue weighted by molar-refractivity contribution is 0.603. The normalized spacial score (nSPS) is 11.3. The minimum atomic E-state index is -0.589. The number of nitrogens with zero attached hydrogens (tertiary/aromatic N) is 2. The van der Waals surface area contributed by atoms with Crippen molar-refractivity contribution in [1.29, 1.82) is 0 Å². The topological polar surface area (TPSA) is 25.8 Å². The second kappa shape index (κ2) is 5.64. The number of fused-ring (bicyclic) bond motifs is 1. The molecule has 0 aliphatic heterocycles. The Kier molecular flexibility index (Phi) is 3.58. The van der Waals surface area contributed by atoms with E-state index in [2.05, 4.69) is 9.97 Å². The lowest BCUT2D eigenvalue weighted by atomic mass is 10.2. The molecule has 0 amide bonds. The van der Waals surface area contributed by atoms with E-state index in [0.717, 1.165) is 59.1 Å². The number of thiazole rings is 2. The zero-order valence-corrected chi connectivity index (χ0v) is 13.3. The van der Waals surface area contributed by atoms with Crippen LogP contribution in [0.2, 0.25) is 0 Å². The summed E-state index contributed by atoms with van der Waals surface area (Å²) in [6, 6.07) is 6.23. The van der Waals surface area contributed by atoms with E-state index in [4.69, 9.17) is 0 Å². The van der Waals surface area contributed by atoms with Crippen LogP contribution in [0.5, 0.6) is 0 Å². The van der Waals surface area contributed by atoms with Gasteiger partial charge in [-0.1, -0.05) is 22.7 Å². The molecular formula is C16H6F4N2S2. The highest BCUT2D eigenvalue weighted by Crippen LogP contribution is 2.38. The molecule has 2 nitrogen and oxygen atoms in total. The molecule has 8 heteroatoms. The van der Waals surface area contributed by atoms with Gasteiger partial charge >= 0.3 is 0 Å². The minimum absolute atomic E-state index is 0.0451. The van der Waals surface area contributed by atoms with Gasteiger partial charge in [-0.3, -0.25) is 0 Å². The lowest BCUT2D eigenvalue weighted by Gasteiger charge is -1.99. The maximum Gasteiger partial charge on any atom is 0.155 e. The van der Waals surface area contributed by atoms with Gasteiger partial charge in [-0.2, -0.15) is 0 Å². The van der Waals surface area contributed by atoms with Crippen LogP contribution in [0.15, 0.2) is 36.4 Å². The Morgan fingerprint density at radius 2 is 1.04 bits per heavy atom. The Morgan fingerprint density at radius 3 is 1.46 bits per heavy atom. The Labute approximate surface area is 141 Å². The number of hydrogen-bond acceptors (Lipinski definition) is 4. The molecule has 120 valence electrons. The standard InChI is InChI=1S/C16H6F4N2S2/c17-7-1-3-11(19)9(5-7)13-21-15-16(23-13)22-14(24-15)10-6-8(18)2-4-12(10)20/h1-6H. The fourth-order valence-electron chi connectivity index (χ4n) is 2.20. The van der Waals surface area contributed by atoms with Crippen molar-refractivity contribution in [2.24, 2.45) is 0 Å². The van der Waals surface area contributed by atoms with Crippen molar-refractivity contribution in [3.63, 3.8) is 0 Å². The van der Waals surface area contributed by atoms with Crippen molar-refractivity contribution >= 4 is 32.3 Å². The van der Waals surface area contributed by atoms with E-state index in [1.165, 1.54) is 0 Å². The Bertz CT molecular complexity index is 959. The molecule has 0 N–H and O–H groups in total. The molecule has 24 heavy (non-hydrogen) atoms. The van der Waals surface area contributed by atoms with Crippen LogP contribution in [0.25, 0.3) is 30.8 Å². The molecule has 2 aromatic carbocycles. The van der Waals surface area contributed by atoms with Gasteiger partial charge in [0, 0.05) is 11.1 Å². The first kappa shape index (κ1) is 15.2. The van der Waals surface area contributed by atoms with Crippen LogP contribution in [0.3, 0.4) is 0 Å². The number of halogens is 4. The van der Waals surface area contributed by atoms with Crippen LogP contribution in [-0.4, -0.2) is 9.97 Å². The maximum atomic E-state index is 13.8. The summed E-state index contributed by atoms with van der Waals surface area (Å²) in [7, 11) is 0. The van der Waals surface area contributed by atoms with Gasteiger partial charge in [0.1, 0.15) is 33.3 Å². The average molecular weight is 366 g/mol. The van der Waals surface area contributed by atoms with Gasteiger partial charge in [0.2, 0.25) is 0 Å². The quantitative estimate of drug-likeness (QED) is 0.429. The molecule has 0 bridgehead atoms. The van der Waals surface area contributed by atoms with Gasteiger partial charge in [-0.05, 0) is 36.4 Å². The first-order chi connectivity index (χ1) is 11.5. The Hall–Kier alpha value is -2.32. The average Bonchev–Trinajstić information content (AvgIpc) is 3.10. The summed E-state index contributed by atoms with van der Waals surface area (Å²) in [6.45, 7) is 0. The first-order valence-electron chi connectivity index (χ1n) is 6.69. The van der Waals surface area contributed by atoms with Gasteiger partial charge in [0.25, 0.3) is 0 Å². The fraction of sp³-hybridized carbons (Fsp3) is 0. The van der Waals surface area contributed by atoms with Gasteiger partial charge in [0.05, 0.1) is 0 Å². The highest BCUT2D eigenvalue weighted by Gasteiger charge is 2.17. The summed E-state index contributed by atoms with van der Waals surface area (Å²) in [6.07, 6.45) is 0. The third kappa shape index (κ3) is 2.57. The van der Waals surface area contributed by atoms with E-state index in [9.17, 15) is 17.6 Å². The Balaban J connectivity index is 1.81. The molecule has 4 aromatic rings. The maximum absolute atomic E-state index is 13.8. The molecule has 4 rings (SSSR count). The van der Waals surface area contributed by atoms with Crippen molar-refractivity contribution in [2.75, 3.05) is 0 Å². The first-order valence-corrected chi connectivity index (χ1v) is 8.33. The van der Waals surface area contributed by atoms with E-state index in [1.54, 1.807) is 0 Å². The van der Waals surface area contributed by atoms with Crippen LogP contribution in [0.1, 0.15) is 0 Å². The smallest absolute Gasteiger partial charge is 0.155 e. The zero-order valence-electron chi connectivity index (χ0n) is 11.7. The van der Waals surface area contributed by atoms with E-state index >= 15 is 0 Å². The SMILES string of the molecule is Fc1ccc(F)c(-c2nc3sc(-c4cc(F)ccc4F)nc3s2)c1. The zero-order chi connectivity index (χ0) is 16.8. The van der Waals surface area contributed by atoms with Gasteiger partial charge in [-0.25, -0.2) is 27.5 Å². The molecule has 0 saturated heterocycles. The van der Waals surface area contributed by atoms with Crippen LogP contribution in [0.4, 0.5) is 17.6 Å². The molecular weight excluding hydrogens is 360 g/mol. The van der Waals surface area contributed by atoms with Gasteiger partial charge in [-0.15, -0.1) is 0 Å². The number of hydrogen-bond donors (Lipinski definition) is 0. The molecule has 2 aromatic heterocycles. The number of aromatic nitrogens is 2. The second-order valence-corrected chi connectivity index (χ2v) is 6.85. The summed E-state index contributed by atoms with van der Waals surface area (Å²) < 4.78 is 54.3. The van der Waals surface area contributed by atoms with Crippen LogP contribution in [-0.2, 0) is 0 Å². The predicted octanol–water partition coefficient (Wildman–Crippen LogP) is 5.64. The summed E-state index contributed by atoms with van der Waals surface area (Å²) in [5.41, 5.74) is 0.0902. The Morgan fingerprint density at radius 1 is 0.625 bits per heavy atom. The molecule has 0 atom stereocenters. The van der Waals surface area contributed by atoms with Crippen LogP contribution >= 0.6 is 22.7 Å². The molecule has 0 aliphatic carbocycles. The molecule has 0 aliphatic rings. The number of benzene rings is 2. The third-order valence-corrected chi connectivity index (χ3v) is 5.39. The predicted molar refractivity (Wildman–Crippen MR) is 86.0 cm³/mol. The molecule has 0 spiro atoms. The second-order valence-electron chi connectivity index (χ2n) is 4.90. The van der Waals surface area contributed by atoms with Crippen LogP contribution in [0, 0.1) is 23.3 Å². The van der Waals surface area contributed by atoms with E-state index in [0.29, 0.717) is 9.66 Å². The molecule has 2 heterocycles. The molecule has 0 saturated carbocycles. The molecule has 0 unspecified atom stereocenters. The monoisotopic (exact) mass is 366 g/mol. The van der Waals surface area contributed by atoms with E-state index in [1.807, 2.05) is 0 Å². The van der Waals surface area contributed by atoms with Crippen molar-refractivity contribution in [1.82, 2.24) is 9.97 Å². The van der Waals surface area contributed by atoms with Crippen molar-refractivity contribution in [3.8, 4) is 21.1 Å². The highest BCUT2D eigenvalue weighted by molar-refractivity contribution is 7.29. The van der Waals surface area contributed by atoms with Crippen molar-refractivity contribution in [3.05, 3.63) is 59.7 Å². The fourth-order valence-corrected chi connectivity index (χ4v) is 4.27. The van der Waals surface area contributed by atoms with E-state index < -0.39 is 23.3 Å². The van der Waals surface area contributed by atoms with E-state index in [-0.39, 0.29) is 21.1 Å². The molecule has 0 fully saturated rings. The summed E-state index contributed by atoms with van der Waals surface area (Å²) >= 11 is 2.13. The number of rotatable bonds is 2. The van der Waals surface area contributed by atoms with Crippen LogP contribution < -0.4 is 0 Å². The largest absolute Gasteiger partial charge is 0.223 e. The van der Waals surface area contributed by atoms with Crippen molar-refractivity contribution in [2.45, 2.75) is 0 Å². The lowest BCUT2D eigenvalue weighted by Crippen LogP contribution is -1.86. The molecule has 0 radical (unpaired) electrons. The summed E-state index contributed by atoms with van der Waals surface area (Å²) in [5.74, 6) is -2.32. The van der Waals surface area contributed by atoms with Crippen molar-refractivity contribution < 1.29 is 17.6 Å². The summed E-state index contributed by atoms with van der Waals surface area (Å²) in [5, 5.41) is 0.569. The highest BCUT2D eigenvalue weighted by atomic mass is 32.1. The van der Waals surface area contributed by atoms with Gasteiger partial charge < -0.3 is 0 Å². The summed E-state index contributed by atoms with van der Waals surface area (Å²) in [4.78, 5) is 9.38. The van der Waals surface area contributed by atoms with Gasteiger partial charge in [0.15, 0.2) is 9.66 Å². The minimum Gasteiger partial charge on any atom is -0.223 e. The third-order valence-electron chi connectivity index (χ3n) is 3.29.